The quantitative estimate of drug-likeness (QED) is 0.688. The average molecular weight is 287 g/mol. The largest absolute Gasteiger partial charge is 0.291 e. The third kappa shape index (κ3) is 3.46. The van der Waals surface area contributed by atoms with E-state index < -0.39 is 0 Å². The Hall–Kier alpha value is -0.120. The molecule has 1 heterocycles. The van der Waals surface area contributed by atoms with Crippen LogP contribution in [0.15, 0.2) is 5.38 Å². The predicted molar refractivity (Wildman–Crippen MR) is 79.3 cm³/mol. The van der Waals surface area contributed by atoms with E-state index in [4.69, 9.17) is 11.6 Å². The van der Waals surface area contributed by atoms with Crippen molar-refractivity contribution in [3.63, 3.8) is 0 Å². The minimum Gasteiger partial charge on any atom is -0.291 e. The van der Waals surface area contributed by atoms with Crippen molar-refractivity contribution in [2.24, 2.45) is 5.92 Å². The van der Waals surface area contributed by atoms with Gasteiger partial charge in [0.2, 0.25) is 0 Å². The summed E-state index contributed by atoms with van der Waals surface area (Å²) >= 11 is 7.62. The molecule has 1 aliphatic rings. The van der Waals surface area contributed by atoms with E-state index >= 15 is 0 Å². The first kappa shape index (κ1) is 14.3. The van der Waals surface area contributed by atoms with Crippen LogP contribution >= 0.6 is 22.9 Å². The summed E-state index contributed by atoms with van der Waals surface area (Å²) in [4.78, 5) is 7.30. The van der Waals surface area contributed by atoms with Gasteiger partial charge in [-0.3, -0.25) is 4.90 Å². The molecule has 102 valence electrons. The van der Waals surface area contributed by atoms with E-state index in [-0.39, 0.29) is 0 Å². The van der Waals surface area contributed by atoms with Crippen molar-refractivity contribution in [1.29, 1.82) is 0 Å². The summed E-state index contributed by atoms with van der Waals surface area (Å²) in [6, 6.07) is 1.05. The fraction of sp³-hybridized carbons (Fsp3) is 0.786. The smallest absolute Gasteiger partial charge is 0.110 e. The van der Waals surface area contributed by atoms with Crippen LogP contribution in [-0.2, 0) is 5.88 Å². The number of rotatable bonds is 7. The maximum atomic E-state index is 5.86. The average Bonchev–Trinajstić information content (AvgIpc) is 3.05. The first-order chi connectivity index (χ1) is 8.65. The van der Waals surface area contributed by atoms with Crippen molar-refractivity contribution < 1.29 is 0 Å². The Labute approximate surface area is 119 Å². The summed E-state index contributed by atoms with van der Waals surface area (Å²) in [7, 11) is 0. The molecule has 4 heteroatoms. The lowest BCUT2D eigenvalue weighted by Gasteiger charge is -2.33. The molecular formula is C14H23ClN2S. The highest BCUT2D eigenvalue weighted by Gasteiger charge is 2.30. The van der Waals surface area contributed by atoms with E-state index in [2.05, 4.69) is 36.0 Å². The first-order valence-electron chi connectivity index (χ1n) is 6.91. The molecule has 18 heavy (non-hydrogen) atoms. The van der Waals surface area contributed by atoms with Gasteiger partial charge in [0.05, 0.1) is 17.6 Å². The highest BCUT2D eigenvalue weighted by atomic mass is 35.5. The van der Waals surface area contributed by atoms with E-state index in [1.165, 1.54) is 24.4 Å². The highest BCUT2D eigenvalue weighted by molar-refractivity contribution is 7.09. The zero-order valence-electron chi connectivity index (χ0n) is 11.5. The number of halogens is 1. The Bertz CT molecular complexity index is 374. The molecule has 1 aliphatic carbocycles. The summed E-state index contributed by atoms with van der Waals surface area (Å²) < 4.78 is 0. The monoisotopic (exact) mass is 286 g/mol. The zero-order valence-corrected chi connectivity index (χ0v) is 13.1. The molecule has 0 saturated heterocycles. The molecule has 0 N–H and O–H groups in total. The first-order valence-corrected chi connectivity index (χ1v) is 8.33. The normalized spacial score (nSPS) is 17.7. The van der Waals surface area contributed by atoms with Crippen LogP contribution in [0, 0.1) is 5.92 Å². The molecule has 1 aromatic heterocycles. The van der Waals surface area contributed by atoms with Crippen molar-refractivity contribution in [2.75, 3.05) is 6.54 Å². The second-order valence-electron chi connectivity index (χ2n) is 5.47. The van der Waals surface area contributed by atoms with Gasteiger partial charge in [0.1, 0.15) is 5.01 Å². The summed E-state index contributed by atoms with van der Waals surface area (Å²) in [6.07, 6.45) is 3.94. The fourth-order valence-corrected chi connectivity index (χ4v) is 3.63. The van der Waals surface area contributed by atoms with Gasteiger partial charge in [-0.15, -0.1) is 22.9 Å². The molecule has 1 atom stereocenters. The third-order valence-electron chi connectivity index (χ3n) is 3.61. The van der Waals surface area contributed by atoms with Crippen molar-refractivity contribution in [1.82, 2.24) is 9.88 Å². The van der Waals surface area contributed by atoms with E-state index in [0.29, 0.717) is 18.0 Å². The Morgan fingerprint density at radius 1 is 1.50 bits per heavy atom. The molecule has 1 unspecified atom stereocenters. The van der Waals surface area contributed by atoms with Crippen LogP contribution in [0.3, 0.4) is 0 Å². The van der Waals surface area contributed by atoms with Gasteiger partial charge in [0, 0.05) is 18.0 Å². The van der Waals surface area contributed by atoms with Crippen molar-refractivity contribution in [3.05, 3.63) is 16.1 Å². The van der Waals surface area contributed by atoms with E-state index in [0.717, 1.165) is 18.0 Å². The maximum absolute atomic E-state index is 5.86. The molecule has 1 saturated carbocycles. The summed E-state index contributed by atoms with van der Waals surface area (Å²) in [5.41, 5.74) is 1.02. The Morgan fingerprint density at radius 3 is 2.67 bits per heavy atom. The van der Waals surface area contributed by atoms with Gasteiger partial charge in [-0.1, -0.05) is 6.92 Å². The van der Waals surface area contributed by atoms with Gasteiger partial charge in [-0.25, -0.2) is 4.98 Å². The SMILES string of the molecule is CCC(c1nc(CCl)cs1)N(CC1CC1)C(C)C. The fourth-order valence-electron chi connectivity index (χ4n) is 2.38. The molecule has 2 nitrogen and oxygen atoms in total. The Kier molecular flexibility index (Phi) is 5.05. The third-order valence-corrected chi connectivity index (χ3v) is 4.88. The van der Waals surface area contributed by atoms with Crippen molar-refractivity contribution >= 4 is 22.9 Å². The van der Waals surface area contributed by atoms with Gasteiger partial charge in [0.25, 0.3) is 0 Å². The maximum Gasteiger partial charge on any atom is 0.110 e. The Morgan fingerprint density at radius 2 is 2.22 bits per heavy atom. The minimum absolute atomic E-state index is 0.465. The second kappa shape index (κ2) is 6.36. The van der Waals surface area contributed by atoms with Crippen LogP contribution in [-0.4, -0.2) is 22.5 Å². The minimum atomic E-state index is 0.465. The number of hydrogen-bond donors (Lipinski definition) is 0. The number of thiazole rings is 1. The van der Waals surface area contributed by atoms with Crippen molar-refractivity contribution in [2.45, 2.75) is 58.0 Å². The zero-order chi connectivity index (χ0) is 13.1. The molecule has 2 rings (SSSR count). The van der Waals surface area contributed by atoms with Gasteiger partial charge < -0.3 is 0 Å². The lowest BCUT2D eigenvalue weighted by molar-refractivity contribution is 0.141. The molecule has 0 spiro atoms. The standard InChI is InChI=1S/C14H23ClN2S/c1-4-13(14-16-12(7-15)9-18-14)17(10(2)3)8-11-5-6-11/h9-11,13H,4-8H2,1-3H3. The number of hydrogen-bond acceptors (Lipinski definition) is 3. The molecule has 0 radical (unpaired) electrons. The topological polar surface area (TPSA) is 16.1 Å². The second-order valence-corrected chi connectivity index (χ2v) is 6.63. The molecule has 0 aromatic carbocycles. The van der Waals surface area contributed by atoms with E-state index in [9.17, 15) is 0 Å². The molecule has 1 fully saturated rings. The number of alkyl halides is 1. The van der Waals surface area contributed by atoms with Crippen LogP contribution in [0.2, 0.25) is 0 Å². The van der Waals surface area contributed by atoms with Crippen LogP contribution in [0.4, 0.5) is 0 Å². The number of aromatic nitrogens is 1. The Balaban J connectivity index is 2.12. The van der Waals surface area contributed by atoms with Gasteiger partial charge in [0.15, 0.2) is 0 Å². The van der Waals surface area contributed by atoms with E-state index in [1.807, 2.05) is 0 Å². The van der Waals surface area contributed by atoms with Crippen molar-refractivity contribution in [3.8, 4) is 0 Å². The lowest BCUT2D eigenvalue weighted by atomic mass is 10.1. The van der Waals surface area contributed by atoms with Gasteiger partial charge in [-0.05, 0) is 39.0 Å². The molecule has 0 aliphatic heterocycles. The van der Waals surface area contributed by atoms with Gasteiger partial charge >= 0.3 is 0 Å². The molecule has 0 amide bonds. The van der Waals surface area contributed by atoms with Crippen LogP contribution in [0.5, 0.6) is 0 Å². The molecule has 1 aromatic rings. The van der Waals surface area contributed by atoms with E-state index in [1.54, 1.807) is 11.3 Å². The number of nitrogens with zero attached hydrogens (tertiary/aromatic N) is 2. The molecule has 0 bridgehead atoms. The predicted octanol–water partition coefficient (Wildman–Crippen LogP) is 4.45. The summed E-state index contributed by atoms with van der Waals surface area (Å²) in [5, 5.41) is 3.34. The lowest BCUT2D eigenvalue weighted by Crippen LogP contribution is -2.36. The molecular weight excluding hydrogens is 264 g/mol. The summed E-state index contributed by atoms with van der Waals surface area (Å²) in [6.45, 7) is 8.07. The van der Waals surface area contributed by atoms with Gasteiger partial charge in [-0.2, -0.15) is 0 Å². The highest BCUT2D eigenvalue weighted by Crippen LogP contribution is 2.35. The van der Waals surface area contributed by atoms with Crippen LogP contribution in [0.25, 0.3) is 0 Å². The van der Waals surface area contributed by atoms with Crippen LogP contribution in [0.1, 0.15) is 56.8 Å². The summed E-state index contributed by atoms with van der Waals surface area (Å²) in [5.74, 6) is 1.45. The van der Waals surface area contributed by atoms with Crippen LogP contribution < -0.4 is 0 Å².